The van der Waals surface area contributed by atoms with Crippen molar-refractivity contribution in [1.82, 2.24) is 9.80 Å². The molecule has 1 unspecified atom stereocenters. The van der Waals surface area contributed by atoms with Gasteiger partial charge < -0.3 is 4.90 Å². The molecule has 1 atom stereocenters. The Bertz CT molecular complexity index is 373. The van der Waals surface area contributed by atoms with E-state index in [2.05, 4.69) is 55.9 Å². The predicted molar refractivity (Wildman–Crippen MR) is 68.8 cm³/mol. The Labute approximate surface area is 98.9 Å². The van der Waals surface area contributed by atoms with Crippen LogP contribution in [-0.2, 0) is 0 Å². The van der Waals surface area contributed by atoms with Crippen molar-refractivity contribution in [3.8, 4) is 0 Å². The lowest BCUT2D eigenvalue weighted by Gasteiger charge is -2.38. The number of likely N-dealkylation sites (N-methyl/N-ethyl adjacent to an activating group) is 2. The van der Waals surface area contributed by atoms with E-state index in [0.29, 0.717) is 6.04 Å². The molecule has 0 amide bonds. The Morgan fingerprint density at radius 1 is 1.12 bits per heavy atom. The minimum atomic E-state index is 0.555. The maximum Gasteiger partial charge on any atom is 0.0475 e. The van der Waals surface area contributed by atoms with Crippen LogP contribution in [0.25, 0.3) is 0 Å². The van der Waals surface area contributed by atoms with Crippen molar-refractivity contribution in [2.24, 2.45) is 0 Å². The molecule has 1 saturated heterocycles. The molecule has 0 N–H and O–H groups in total. The second kappa shape index (κ2) is 4.56. The van der Waals surface area contributed by atoms with Crippen LogP contribution in [0.3, 0.4) is 0 Å². The number of benzene rings is 1. The number of hydrogen-bond acceptors (Lipinski definition) is 2. The van der Waals surface area contributed by atoms with Crippen molar-refractivity contribution < 1.29 is 0 Å². The first-order chi connectivity index (χ1) is 7.58. The van der Waals surface area contributed by atoms with Gasteiger partial charge in [0.05, 0.1) is 0 Å². The molecule has 16 heavy (non-hydrogen) atoms. The third-order valence-corrected chi connectivity index (χ3v) is 3.64. The first-order valence-corrected chi connectivity index (χ1v) is 6.04. The highest BCUT2D eigenvalue weighted by atomic mass is 15.3. The first-order valence-electron chi connectivity index (χ1n) is 6.04. The van der Waals surface area contributed by atoms with E-state index in [1.54, 1.807) is 0 Å². The van der Waals surface area contributed by atoms with Crippen LogP contribution < -0.4 is 0 Å². The number of hydrogen-bond donors (Lipinski definition) is 0. The van der Waals surface area contributed by atoms with E-state index in [1.807, 2.05) is 0 Å². The highest BCUT2D eigenvalue weighted by Crippen LogP contribution is 2.26. The van der Waals surface area contributed by atoms with Crippen LogP contribution >= 0.6 is 0 Å². The molecule has 2 heteroatoms. The van der Waals surface area contributed by atoms with Gasteiger partial charge in [-0.1, -0.05) is 23.8 Å². The fourth-order valence-corrected chi connectivity index (χ4v) is 2.55. The number of aryl methyl sites for hydroxylation is 2. The summed E-state index contributed by atoms with van der Waals surface area (Å²) in [5.41, 5.74) is 4.26. The summed E-state index contributed by atoms with van der Waals surface area (Å²) in [7, 11) is 4.44. The zero-order valence-electron chi connectivity index (χ0n) is 10.8. The van der Waals surface area contributed by atoms with Gasteiger partial charge in [0.1, 0.15) is 0 Å². The van der Waals surface area contributed by atoms with Gasteiger partial charge in [0.15, 0.2) is 0 Å². The molecule has 0 spiro atoms. The van der Waals surface area contributed by atoms with Gasteiger partial charge in [0.2, 0.25) is 0 Å². The molecule has 2 rings (SSSR count). The fraction of sp³-hybridized carbons (Fsp3) is 0.571. The van der Waals surface area contributed by atoms with Crippen LogP contribution in [0, 0.1) is 13.8 Å². The van der Waals surface area contributed by atoms with Crippen LogP contribution in [0.4, 0.5) is 0 Å². The van der Waals surface area contributed by atoms with E-state index in [1.165, 1.54) is 23.2 Å². The number of rotatable bonds is 1. The van der Waals surface area contributed by atoms with Crippen LogP contribution in [0.2, 0.25) is 0 Å². The summed E-state index contributed by atoms with van der Waals surface area (Å²) in [4.78, 5) is 4.89. The van der Waals surface area contributed by atoms with Gasteiger partial charge >= 0.3 is 0 Å². The molecule has 0 bridgehead atoms. The van der Waals surface area contributed by atoms with E-state index in [0.717, 1.165) is 13.1 Å². The molecule has 2 nitrogen and oxygen atoms in total. The minimum absolute atomic E-state index is 0.555. The van der Waals surface area contributed by atoms with E-state index < -0.39 is 0 Å². The van der Waals surface area contributed by atoms with Gasteiger partial charge in [0, 0.05) is 25.7 Å². The van der Waals surface area contributed by atoms with Crippen molar-refractivity contribution in [2.75, 3.05) is 33.7 Å². The highest BCUT2D eigenvalue weighted by Gasteiger charge is 2.24. The summed E-state index contributed by atoms with van der Waals surface area (Å²) in [5, 5.41) is 0. The standard InChI is InChI=1S/C14H22N2/c1-11-5-6-13(12(2)9-11)14-10-15(3)7-8-16(14)4/h5-6,9,14H,7-8,10H2,1-4H3. The highest BCUT2D eigenvalue weighted by molar-refractivity contribution is 5.33. The predicted octanol–water partition coefficient (Wildman–Crippen LogP) is 2.22. The quantitative estimate of drug-likeness (QED) is 0.713. The average molecular weight is 218 g/mol. The second-order valence-electron chi connectivity index (χ2n) is 5.12. The molecule has 0 aromatic heterocycles. The molecular weight excluding hydrogens is 196 g/mol. The summed E-state index contributed by atoms with van der Waals surface area (Å²) in [6.45, 7) is 7.87. The SMILES string of the molecule is Cc1ccc(C2CN(C)CCN2C)c(C)c1. The third-order valence-electron chi connectivity index (χ3n) is 3.64. The van der Waals surface area contributed by atoms with Crippen molar-refractivity contribution >= 4 is 0 Å². The summed E-state index contributed by atoms with van der Waals surface area (Å²) >= 11 is 0. The number of piperazine rings is 1. The zero-order valence-corrected chi connectivity index (χ0v) is 10.8. The molecule has 1 aliphatic rings. The molecule has 1 heterocycles. The first kappa shape index (κ1) is 11.6. The van der Waals surface area contributed by atoms with E-state index in [-0.39, 0.29) is 0 Å². The van der Waals surface area contributed by atoms with Crippen molar-refractivity contribution in [3.63, 3.8) is 0 Å². The Balaban J connectivity index is 2.28. The molecule has 1 aromatic carbocycles. The fourth-order valence-electron chi connectivity index (χ4n) is 2.55. The summed E-state index contributed by atoms with van der Waals surface area (Å²) in [6, 6.07) is 7.37. The molecular formula is C14H22N2. The molecule has 0 aliphatic carbocycles. The lowest BCUT2D eigenvalue weighted by atomic mass is 9.97. The van der Waals surface area contributed by atoms with E-state index in [9.17, 15) is 0 Å². The summed E-state index contributed by atoms with van der Waals surface area (Å²) in [6.07, 6.45) is 0. The van der Waals surface area contributed by atoms with Gasteiger partial charge in [-0.25, -0.2) is 0 Å². The Morgan fingerprint density at radius 3 is 2.56 bits per heavy atom. The van der Waals surface area contributed by atoms with Crippen molar-refractivity contribution in [3.05, 3.63) is 34.9 Å². The van der Waals surface area contributed by atoms with Gasteiger partial charge in [-0.15, -0.1) is 0 Å². The Morgan fingerprint density at radius 2 is 1.88 bits per heavy atom. The molecule has 1 fully saturated rings. The molecule has 88 valence electrons. The maximum atomic E-state index is 2.47. The van der Waals surface area contributed by atoms with Crippen LogP contribution in [0.5, 0.6) is 0 Å². The largest absolute Gasteiger partial charge is 0.303 e. The summed E-state index contributed by atoms with van der Waals surface area (Å²) < 4.78 is 0. The van der Waals surface area contributed by atoms with E-state index in [4.69, 9.17) is 0 Å². The Hall–Kier alpha value is -0.860. The molecule has 0 radical (unpaired) electrons. The van der Waals surface area contributed by atoms with E-state index >= 15 is 0 Å². The minimum Gasteiger partial charge on any atom is -0.303 e. The van der Waals surface area contributed by atoms with Gasteiger partial charge in [-0.3, -0.25) is 4.90 Å². The van der Waals surface area contributed by atoms with Crippen LogP contribution in [0.15, 0.2) is 18.2 Å². The monoisotopic (exact) mass is 218 g/mol. The van der Waals surface area contributed by atoms with Crippen molar-refractivity contribution in [1.29, 1.82) is 0 Å². The van der Waals surface area contributed by atoms with Gasteiger partial charge in [0.25, 0.3) is 0 Å². The average Bonchev–Trinajstić information content (AvgIpc) is 2.22. The lowest BCUT2D eigenvalue weighted by Crippen LogP contribution is -2.44. The second-order valence-corrected chi connectivity index (χ2v) is 5.12. The Kier molecular flexibility index (Phi) is 3.31. The topological polar surface area (TPSA) is 6.48 Å². The molecule has 1 aromatic rings. The maximum absolute atomic E-state index is 2.47. The van der Waals surface area contributed by atoms with Gasteiger partial charge in [-0.2, -0.15) is 0 Å². The van der Waals surface area contributed by atoms with Gasteiger partial charge in [-0.05, 0) is 39.1 Å². The normalized spacial score (nSPS) is 23.6. The smallest absolute Gasteiger partial charge is 0.0475 e. The summed E-state index contributed by atoms with van der Waals surface area (Å²) in [5.74, 6) is 0. The van der Waals surface area contributed by atoms with Crippen molar-refractivity contribution in [2.45, 2.75) is 19.9 Å². The molecule has 0 saturated carbocycles. The molecule has 1 aliphatic heterocycles. The van der Waals surface area contributed by atoms with Crippen LogP contribution in [-0.4, -0.2) is 43.5 Å². The third kappa shape index (κ3) is 2.28. The van der Waals surface area contributed by atoms with Crippen LogP contribution in [0.1, 0.15) is 22.7 Å². The lowest BCUT2D eigenvalue weighted by molar-refractivity contribution is 0.114. The number of nitrogens with zero attached hydrogens (tertiary/aromatic N) is 2. The zero-order chi connectivity index (χ0) is 11.7.